The predicted molar refractivity (Wildman–Crippen MR) is 81.7 cm³/mol. The Bertz CT molecular complexity index is 846. The third-order valence-electron chi connectivity index (χ3n) is 3.12. The van der Waals surface area contributed by atoms with Crippen molar-refractivity contribution in [3.05, 3.63) is 47.5 Å². The van der Waals surface area contributed by atoms with Crippen LogP contribution in [0.2, 0.25) is 0 Å². The van der Waals surface area contributed by atoms with E-state index in [2.05, 4.69) is 20.4 Å². The fourth-order valence-electron chi connectivity index (χ4n) is 1.96. The molecule has 0 fully saturated rings. The molecule has 1 aromatic carbocycles. The van der Waals surface area contributed by atoms with Gasteiger partial charge in [-0.25, -0.2) is 9.37 Å². The first kappa shape index (κ1) is 14.5. The molecule has 0 spiro atoms. The zero-order valence-corrected chi connectivity index (χ0v) is 12.7. The van der Waals surface area contributed by atoms with Gasteiger partial charge in [-0.1, -0.05) is 11.8 Å². The summed E-state index contributed by atoms with van der Waals surface area (Å²) in [7, 11) is 0. The SMILES string of the molecule is CSc1nc2ncc(C(=O)Nc3ccc(F)cc3)c(C)n2n1. The van der Waals surface area contributed by atoms with Gasteiger partial charge in [0.25, 0.3) is 11.7 Å². The lowest BCUT2D eigenvalue weighted by molar-refractivity contribution is 0.102. The maximum absolute atomic E-state index is 12.9. The summed E-state index contributed by atoms with van der Waals surface area (Å²) >= 11 is 1.40. The van der Waals surface area contributed by atoms with E-state index in [1.165, 1.54) is 46.7 Å². The number of hydrogen-bond acceptors (Lipinski definition) is 5. The van der Waals surface area contributed by atoms with Gasteiger partial charge >= 0.3 is 0 Å². The molecule has 0 bridgehead atoms. The van der Waals surface area contributed by atoms with Gasteiger partial charge < -0.3 is 5.32 Å². The van der Waals surface area contributed by atoms with Crippen molar-refractivity contribution < 1.29 is 9.18 Å². The maximum Gasteiger partial charge on any atom is 0.259 e. The zero-order chi connectivity index (χ0) is 15.7. The summed E-state index contributed by atoms with van der Waals surface area (Å²) in [5.41, 5.74) is 1.53. The molecule has 0 atom stereocenters. The standard InChI is InChI=1S/C14H12FN5OS/c1-8-11(7-16-13-18-14(22-2)19-20(8)13)12(21)17-10-5-3-9(15)4-6-10/h3-7H,1-2H3,(H,17,21). The number of rotatable bonds is 3. The van der Waals surface area contributed by atoms with Gasteiger partial charge in [-0.2, -0.15) is 9.50 Å². The number of fused-ring (bicyclic) bond motifs is 1. The van der Waals surface area contributed by atoms with Crippen molar-refractivity contribution in [2.24, 2.45) is 0 Å². The van der Waals surface area contributed by atoms with Gasteiger partial charge in [0.15, 0.2) is 0 Å². The Kier molecular flexibility index (Phi) is 3.76. The van der Waals surface area contributed by atoms with Crippen molar-refractivity contribution in [1.29, 1.82) is 0 Å². The predicted octanol–water partition coefficient (Wildman–Crippen LogP) is 2.55. The molecule has 0 saturated carbocycles. The topological polar surface area (TPSA) is 72.2 Å². The maximum atomic E-state index is 12.9. The molecule has 0 aliphatic carbocycles. The second kappa shape index (κ2) is 5.72. The molecule has 0 radical (unpaired) electrons. The van der Waals surface area contributed by atoms with Crippen LogP contribution in [-0.4, -0.2) is 31.7 Å². The van der Waals surface area contributed by atoms with Crippen molar-refractivity contribution in [3.63, 3.8) is 0 Å². The highest BCUT2D eigenvalue weighted by Gasteiger charge is 2.15. The highest BCUT2D eigenvalue weighted by molar-refractivity contribution is 7.98. The van der Waals surface area contributed by atoms with Crippen LogP contribution < -0.4 is 5.32 Å². The van der Waals surface area contributed by atoms with E-state index >= 15 is 0 Å². The van der Waals surface area contributed by atoms with E-state index in [4.69, 9.17) is 0 Å². The van der Waals surface area contributed by atoms with Crippen LogP contribution in [0.3, 0.4) is 0 Å². The molecular formula is C14H12FN5OS. The average molecular weight is 317 g/mol. The van der Waals surface area contributed by atoms with E-state index < -0.39 is 0 Å². The number of anilines is 1. The number of aromatic nitrogens is 4. The highest BCUT2D eigenvalue weighted by Crippen LogP contribution is 2.15. The lowest BCUT2D eigenvalue weighted by atomic mass is 10.2. The molecule has 0 saturated heterocycles. The number of nitrogens with one attached hydrogen (secondary N) is 1. The third kappa shape index (κ3) is 2.64. The molecule has 1 amide bonds. The van der Waals surface area contributed by atoms with Gasteiger partial charge in [-0.05, 0) is 37.4 Å². The molecule has 0 unspecified atom stereocenters. The van der Waals surface area contributed by atoms with Gasteiger partial charge in [0.05, 0.1) is 11.3 Å². The van der Waals surface area contributed by atoms with Crippen LogP contribution in [0.5, 0.6) is 0 Å². The molecule has 2 heterocycles. The minimum Gasteiger partial charge on any atom is -0.322 e. The van der Waals surface area contributed by atoms with E-state index in [1.807, 2.05) is 6.26 Å². The Labute approximate surface area is 129 Å². The number of hydrogen-bond donors (Lipinski definition) is 1. The largest absolute Gasteiger partial charge is 0.322 e. The number of thioether (sulfide) groups is 1. The molecule has 22 heavy (non-hydrogen) atoms. The molecule has 112 valence electrons. The number of benzene rings is 1. The molecule has 3 aromatic rings. The van der Waals surface area contributed by atoms with Crippen LogP contribution in [0.15, 0.2) is 35.6 Å². The Hall–Kier alpha value is -2.48. The first-order chi connectivity index (χ1) is 10.6. The molecular weight excluding hydrogens is 305 g/mol. The van der Waals surface area contributed by atoms with Crippen LogP contribution >= 0.6 is 11.8 Å². The van der Waals surface area contributed by atoms with Crippen LogP contribution in [0, 0.1) is 12.7 Å². The van der Waals surface area contributed by atoms with Gasteiger partial charge in [0.2, 0.25) is 5.16 Å². The van der Waals surface area contributed by atoms with Gasteiger partial charge in [0, 0.05) is 11.9 Å². The molecule has 2 aromatic heterocycles. The smallest absolute Gasteiger partial charge is 0.259 e. The minimum absolute atomic E-state index is 0.334. The van der Waals surface area contributed by atoms with Crippen molar-refractivity contribution >= 4 is 29.1 Å². The summed E-state index contributed by atoms with van der Waals surface area (Å²) in [5.74, 6) is -0.246. The summed E-state index contributed by atoms with van der Waals surface area (Å²) in [4.78, 5) is 20.7. The molecule has 8 heteroatoms. The lowest BCUT2D eigenvalue weighted by Gasteiger charge is -2.08. The fraction of sp³-hybridized carbons (Fsp3) is 0.143. The minimum atomic E-state index is -0.357. The van der Waals surface area contributed by atoms with Gasteiger partial charge in [0.1, 0.15) is 5.82 Å². The van der Waals surface area contributed by atoms with Crippen molar-refractivity contribution in [1.82, 2.24) is 19.6 Å². The van der Waals surface area contributed by atoms with Gasteiger partial charge in [-0.15, -0.1) is 5.10 Å². The lowest BCUT2D eigenvalue weighted by Crippen LogP contribution is -2.16. The van der Waals surface area contributed by atoms with E-state index in [-0.39, 0.29) is 11.7 Å². The third-order valence-corrected chi connectivity index (χ3v) is 3.65. The van der Waals surface area contributed by atoms with E-state index in [9.17, 15) is 9.18 Å². The highest BCUT2D eigenvalue weighted by atomic mass is 32.2. The Morgan fingerprint density at radius 2 is 2.05 bits per heavy atom. The molecule has 0 aliphatic heterocycles. The van der Waals surface area contributed by atoms with Gasteiger partial charge in [-0.3, -0.25) is 4.79 Å². The molecule has 3 rings (SSSR count). The molecule has 1 N–H and O–H groups in total. The summed E-state index contributed by atoms with van der Waals surface area (Å²) in [6.07, 6.45) is 3.33. The number of nitrogens with zero attached hydrogens (tertiary/aromatic N) is 4. The monoisotopic (exact) mass is 317 g/mol. The fourth-order valence-corrected chi connectivity index (χ4v) is 2.30. The van der Waals surface area contributed by atoms with Crippen LogP contribution in [0.1, 0.15) is 16.1 Å². The first-order valence-electron chi connectivity index (χ1n) is 6.42. The number of halogens is 1. The average Bonchev–Trinajstić information content (AvgIpc) is 2.94. The van der Waals surface area contributed by atoms with E-state index in [1.54, 1.807) is 6.92 Å². The van der Waals surface area contributed by atoms with Crippen molar-refractivity contribution in [2.45, 2.75) is 12.1 Å². The Morgan fingerprint density at radius 3 is 2.73 bits per heavy atom. The van der Waals surface area contributed by atoms with Crippen LogP contribution in [0.25, 0.3) is 5.78 Å². The number of carbonyl (C=O) groups is 1. The number of aryl methyl sites for hydroxylation is 1. The first-order valence-corrected chi connectivity index (χ1v) is 7.64. The number of amides is 1. The quantitative estimate of drug-likeness (QED) is 0.752. The second-order valence-corrected chi connectivity index (χ2v) is 5.30. The van der Waals surface area contributed by atoms with Crippen LogP contribution in [-0.2, 0) is 0 Å². The summed E-state index contributed by atoms with van der Waals surface area (Å²) in [6.45, 7) is 1.77. The number of carbonyl (C=O) groups excluding carboxylic acids is 1. The van der Waals surface area contributed by atoms with Crippen molar-refractivity contribution in [2.75, 3.05) is 11.6 Å². The van der Waals surface area contributed by atoms with E-state index in [0.29, 0.717) is 27.9 Å². The summed E-state index contributed by atoms with van der Waals surface area (Å²) in [6, 6.07) is 5.56. The normalized spacial score (nSPS) is 10.9. The Morgan fingerprint density at radius 1 is 1.32 bits per heavy atom. The summed E-state index contributed by atoms with van der Waals surface area (Å²) < 4.78 is 14.4. The summed E-state index contributed by atoms with van der Waals surface area (Å²) in [5, 5.41) is 7.56. The van der Waals surface area contributed by atoms with Crippen LogP contribution in [0.4, 0.5) is 10.1 Å². The van der Waals surface area contributed by atoms with E-state index in [0.717, 1.165) is 0 Å². The zero-order valence-electron chi connectivity index (χ0n) is 11.9. The molecule has 6 nitrogen and oxygen atoms in total. The second-order valence-electron chi connectivity index (χ2n) is 4.53. The Balaban J connectivity index is 1.93. The van der Waals surface area contributed by atoms with Crippen molar-refractivity contribution in [3.8, 4) is 0 Å². The molecule has 0 aliphatic rings.